The topological polar surface area (TPSA) is 70.5 Å². The normalized spacial score (nSPS) is 20.8. The number of piperidine rings is 1. The quantitative estimate of drug-likeness (QED) is 0.927. The van der Waals surface area contributed by atoms with Crippen LogP contribution in [-0.2, 0) is 4.79 Å². The lowest BCUT2D eigenvalue weighted by molar-refractivity contribution is -0.143. The Morgan fingerprint density at radius 2 is 2.12 bits per heavy atom. The number of aromatic nitrogens is 1. The number of thiazole rings is 1. The third kappa shape index (κ3) is 3.48. The Hall–Kier alpha value is -2.21. The number of benzene rings is 1. The van der Waals surface area contributed by atoms with Gasteiger partial charge in [0, 0.05) is 29.6 Å². The molecule has 24 heavy (non-hydrogen) atoms. The van der Waals surface area contributed by atoms with Crippen LogP contribution in [-0.4, -0.2) is 40.0 Å². The van der Waals surface area contributed by atoms with E-state index < -0.39 is 11.9 Å². The highest BCUT2D eigenvalue weighted by atomic mass is 32.1. The van der Waals surface area contributed by atoms with Gasteiger partial charge in [-0.3, -0.25) is 9.59 Å². The van der Waals surface area contributed by atoms with E-state index in [4.69, 9.17) is 0 Å². The molecule has 0 bridgehead atoms. The highest BCUT2D eigenvalue weighted by Crippen LogP contribution is 2.26. The van der Waals surface area contributed by atoms with Crippen molar-refractivity contribution in [1.29, 1.82) is 0 Å². The molecule has 0 saturated carbocycles. The van der Waals surface area contributed by atoms with Gasteiger partial charge in [-0.25, -0.2) is 4.98 Å². The zero-order valence-electron chi connectivity index (χ0n) is 13.7. The number of aliphatic carboxylic acids is 1. The van der Waals surface area contributed by atoms with E-state index in [1.807, 2.05) is 37.4 Å². The first-order valence-corrected chi connectivity index (χ1v) is 8.86. The minimum absolute atomic E-state index is 0.110. The minimum atomic E-state index is -0.828. The van der Waals surface area contributed by atoms with Crippen LogP contribution in [0.2, 0.25) is 0 Å². The molecule has 1 aromatic carbocycles. The molecule has 6 heteroatoms. The van der Waals surface area contributed by atoms with Crippen molar-refractivity contribution in [1.82, 2.24) is 9.88 Å². The van der Waals surface area contributed by atoms with Gasteiger partial charge in [0.1, 0.15) is 0 Å². The Bertz CT molecular complexity index is 771. The maximum Gasteiger partial charge on any atom is 0.308 e. The summed E-state index contributed by atoms with van der Waals surface area (Å²) in [6.07, 6.45) is 0.622. The molecule has 0 aliphatic carbocycles. The maximum absolute atomic E-state index is 12.8. The summed E-state index contributed by atoms with van der Waals surface area (Å²) in [5.74, 6) is -1.23. The number of nitrogens with zero attached hydrogens (tertiary/aromatic N) is 2. The lowest BCUT2D eigenvalue weighted by atomic mass is 9.90. The molecule has 1 aliphatic rings. The average Bonchev–Trinajstić information content (AvgIpc) is 3.00. The van der Waals surface area contributed by atoms with Crippen LogP contribution in [0.1, 0.15) is 28.7 Å². The van der Waals surface area contributed by atoms with Crippen molar-refractivity contribution >= 4 is 23.2 Å². The minimum Gasteiger partial charge on any atom is -0.481 e. The second-order valence-electron chi connectivity index (χ2n) is 6.42. The number of carboxylic acid groups (broad SMARTS) is 1. The van der Waals surface area contributed by atoms with Crippen molar-refractivity contribution in [2.24, 2.45) is 11.8 Å². The number of carbonyl (C=O) groups is 2. The monoisotopic (exact) mass is 344 g/mol. The van der Waals surface area contributed by atoms with E-state index in [2.05, 4.69) is 4.98 Å². The molecule has 1 saturated heterocycles. The molecule has 2 atom stereocenters. The second kappa shape index (κ2) is 6.73. The third-order valence-corrected chi connectivity index (χ3v) is 5.09. The van der Waals surface area contributed by atoms with Gasteiger partial charge in [0.2, 0.25) is 0 Å². The molecular weight excluding hydrogens is 324 g/mol. The van der Waals surface area contributed by atoms with Crippen LogP contribution in [0, 0.1) is 18.8 Å². The summed E-state index contributed by atoms with van der Waals surface area (Å²) in [5.41, 5.74) is 2.35. The third-order valence-electron chi connectivity index (χ3n) is 4.32. The average molecular weight is 344 g/mol. The summed E-state index contributed by atoms with van der Waals surface area (Å²) in [4.78, 5) is 30.2. The number of carbonyl (C=O) groups excluding carboxylic acids is 1. The van der Waals surface area contributed by atoms with Crippen molar-refractivity contribution in [3.8, 4) is 11.3 Å². The van der Waals surface area contributed by atoms with E-state index in [-0.39, 0.29) is 18.4 Å². The molecule has 0 spiro atoms. The number of likely N-dealkylation sites (tertiary alicyclic amines) is 1. The van der Waals surface area contributed by atoms with Gasteiger partial charge in [-0.1, -0.05) is 19.1 Å². The number of aryl methyl sites for hydroxylation is 1. The van der Waals surface area contributed by atoms with Crippen molar-refractivity contribution in [2.75, 3.05) is 13.1 Å². The molecule has 5 nitrogen and oxygen atoms in total. The summed E-state index contributed by atoms with van der Waals surface area (Å²) < 4.78 is 0. The molecule has 1 aliphatic heterocycles. The molecule has 2 aromatic rings. The predicted molar refractivity (Wildman–Crippen MR) is 93.1 cm³/mol. The van der Waals surface area contributed by atoms with E-state index in [9.17, 15) is 14.7 Å². The van der Waals surface area contributed by atoms with Gasteiger partial charge in [0.15, 0.2) is 0 Å². The van der Waals surface area contributed by atoms with Gasteiger partial charge in [-0.05, 0) is 31.4 Å². The first kappa shape index (κ1) is 16.6. The molecule has 3 rings (SSSR count). The van der Waals surface area contributed by atoms with E-state index in [1.54, 1.807) is 22.3 Å². The van der Waals surface area contributed by atoms with Crippen LogP contribution in [0.25, 0.3) is 11.3 Å². The van der Waals surface area contributed by atoms with Gasteiger partial charge in [0.05, 0.1) is 16.6 Å². The summed E-state index contributed by atoms with van der Waals surface area (Å²) in [5, 5.41) is 12.2. The fraction of sp³-hybridized carbons (Fsp3) is 0.389. The molecule has 126 valence electrons. The van der Waals surface area contributed by atoms with Crippen LogP contribution in [0.5, 0.6) is 0 Å². The van der Waals surface area contributed by atoms with Crippen LogP contribution in [0.3, 0.4) is 0 Å². The largest absolute Gasteiger partial charge is 0.481 e. The van der Waals surface area contributed by atoms with E-state index in [1.165, 1.54) is 0 Å². The molecule has 2 unspecified atom stereocenters. The van der Waals surface area contributed by atoms with E-state index in [0.29, 0.717) is 18.5 Å². The highest BCUT2D eigenvalue weighted by Gasteiger charge is 2.32. The lowest BCUT2D eigenvalue weighted by Gasteiger charge is -2.34. The van der Waals surface area contributed by atoms with Gasteiger partial charge in [-0.15, -0.1) is 11.3 Å². The fourth-order valence-corrected chi connectivity index (χ4v) is 3.81. The van der Waals surface area contributed by atoms with Gasteiger partial charge < -0.3 is 10.0 Å². The number of carboxylic acids is 1. The van der Waals surface area contributed by atoms with Crippen LogP contribution in [0.4, 0.5) is 0 Å². The zero-order valence-corrected chi connectivity index (χ0v) is 14.5. The van der Waals surface area contributed by atoms with Crippen LogP contribution >= 0.6 is 11.3 Å². The summed E-state index contributed by atoms with van der Waals surface area (Å²) >= 11 is 1.57. The Morgan fingerprint density at radius 3 is 2.79 bits per heavy atom. The molecular formula is C18H20N2O3S. The zero-order chi connectivity index (χ0) is 17.3. The Balaban J connectivity index is 1.83. The smallest absolute Gasteiger partial charge is 0.308 e. The molecule has 1 amide bonds. The first-order valence-electron chi connectivity index (χ1n) is 7.98. The summed E-state index contributed by atoms with van der Waals surface area (Å²) in [7, 11) is 0. The summed E-state index contributed by atoms with van der Waals surface area (Å²) in [6.45, 7) is 4.81. The number of hydrogen-bond donors (Lipinski definition) is 1. The lowest BCUT2D eigenvalue weighted by Crippen LogP contribution is -2.45. The van der Waals surface area contributed by atoms with E-state index >= 15 is 0 Å². The SMILES string of the molecule is Cc1nc(-c2cccc(C(=O)N3CC(C)CC(C(=O)O)C3)c2)cs1. The van der Waals surface area contributed by atoms with Crippen molar-refractivity contribution in [2.45, 2.75) is 20.3 Å². The maximum atomic E-state index is 12.8. The molecule has 1 fully saturated rings. The predicted octanol–water partition coefficient (Wildman–Crippen LogP) is 3.30. The Labute approximate surface area is 145 Å². The molecule has 0 radical (unpaired) electrons. The highest BCUT2D eigenvalue weighted by molar-refractivity contribution is 7.09. The van der Waals surface area contributed by atoms with Gasteiger partial charge in [-0.2, -0.15) is 0 Å². The molecule has 1 aromatic heterocycles. The molecule has 1 N–H and O–H groups in total. The van der Waals surface area contributed by atoms with Crippen molar-refractivity contribution < 1.29 is 14.7 Å². The summed E-state index contributed by atoms with van der Waals surface area (Å²) in [6, 6.07) is 7.40. The standard InChI is InChI=1S/C18H20N2O3S/c1-11-6-15(18(22)23)9-20(8-11)17(21)14-5-3-4-13(7-14)16-10-24-12(2)19-16/h3-5,7,10-11,15H,6,8-9H2,1-2H3,(H,22,23). The Kier molecular flexibility index (Phi) is 4.66. The number of amides is 1. The first-order chi connectivity index (χ1) is 11.4. The number of rotatable bonds is 3. The van der Waals surface area contributed by atoms with Crippen molar-refractivity contribution in [3.05, 3.63) is 40.2 Å². The van der Waals surface area contributed by atoms with Crippen molar-refractivity contribution in [3.63, 3.8) is 0 Å². The van der Waals surface area contributed by atoms with Crippen LogP contribution in [0.15, 0.2) is 29.6 Å². The number of hydrogen-bond acceptors (Lipinski definition) is 4. The van der Waals surface area contributed by atoms with E-state index in [0.717, 1.165) is 16.3 Å². The second-order valence-corrected chi connectivity index (χ2v) is 7.48. The van der Waals surface area contributed by atoms with Gasteiger partial charge >= 0.3 is 5.97 Å². The van der Waals surface area contributed by atoms with Crippen LogP contribution < -0.4 is 0 Å². The fourth-order valence-electron chi connectivity index (χ4n) is 3.19. The van der Waals surface area contributed by atoms with Gasteiger partial charge in [0.25, 0.3) is 5.91 Å². The Morgan fingerprint density at radius 1 is 1.33 bits per heavy atom. The molecule has 2 heterocycles.